The van der Waals surface area contributed by atoms with Crippen LogP contribution >= 0.6 is 0 Å². The zero-order valence-electron chi connectivity index (χ0n) is 12.3. The topological polar surface area (TPSA) is 35.9 Å². The van der Waals surface area contributed by atoms with Crippen LogP contribution in [0.5, 0.6) is 0 Å². The molecule has 1 aromatic carbocycles. The molecule has 5 heteroatoms. The van der Waals surface area contributed by atoms with Crippen LogP contribution in [0.15, 0.2) is 18.2 Å². The number of hydrogen-bond donors (Lipinski definition) is 1. The van der Waals surface area contributed by atoms with Gasteiger partial charge in [-0.2, -0.15) is 0 Å². The van der Waals surface area contributed by atoms with Gasteiger partial charge < -0.3 is 14.7 Å². The number of aliphatic hydroxyl groups excluding tert-OH is 1. The summed E-state index contributed by atoms with van der Waals surface area (Å²) >= 11 is 0. The third kappa shape index (κ3) is 3.73. The Bertz CT molecular complexity index is 477. The monoisotopic (exact) mass is 294 g/mol. The first-order valence-electron chi connectivity index (χ1n) is 7.74. The van der Waals surface area contributed by atoms with E-state index in [0.29, 0.717) is 13.1 Å². The molecule has 1 unspecified atom stereocenters. The van der Waals surface area contributed by atoms with Crippen LogP contribution < -0.4 is 4.90 Å². The van der Waals surface area contributed by atoms with Gasteiger partial charge in [0.1, 0.15) is 5.82 Å². The summed E-state index contributed by atoms with van der Waals surface area (Å²) in [6.07, 6.45) is 1.54. The van der Waals surface area contributed by atoms with Gasteiger partial charge in [0.25, 0.3) is 0 Å². The lowest BCUT2D eigenvalue weighted by molar-refractivity contribution is 0.0160. The highest BCUT2D eigenvalue weighted by molar-refractivity contribution is 5.55. The van der Waals surface area contributed by atoms with Crippen LogP contribution in [0.4, 0.5) is 10.1 Å². The molecule has 0 saturated carbocycles. The van der Waals surface area contributed by atoms with Crippen LogP contribution in [-0.4, -0.2) is 62.0 Å². The first-order valence-corrected chi connectivity index (χ1v) is 7.74. The number of aliphatic hydroxyl groups is 1. The number of β-amino-alcohol motifs (C(OH)–C–C–N with tert-alkyl or cyclic N) is 1. The third-order valence-electron chi connectivity index (χ3n) is 4.26. The van der Waals surface area contributed by atoms with E-state index in [1.54, 1.807) is 6.07 Å². The van der Waals surface area contributed by atoms with Crippen molar-refractivity contribution in [2.75, 3.05) is 50.8 Å². The van der Waals surface area contributed by atoms with E-state index in [1.165, 1.54) is 6.07 Å². The molecule has 4 nitrogen and oxygen atoms in total. The molecule has 21 heavy (non-hydrogen) atoms. The Morgan fingerprint density at radius 1 is 1.19 bits per heavy atom. The van der Waals surface area contributed by atoms with Crippen molar-refractivity contribution in [2.45, 2.75) is 18.9 Å². The van der Waals surface area contributed by atoms with Gasteiger partial charge in [-0.1, -0.05) is 0 Å². The quantitative estimate of drug-likeness (QED) is 0.907. The Kier molecular flexibility index (Phi) is 4.73. The van der Waals surface area contributed by atoms with Crippen LogP contribution in [0.2, 0.25) is 0 Å². The molecule has 0 aromatic heterocycles. The smallest absolute Gasteiger partial charge is 0.123 e. The molecule has 0 bridgehead atoms. The molecule has 0 amide bonds. The summed E-state index contributed by atoms with van der Waals surface area (Å²) in [5.41, 5.74) is 2.13. The molecule has 1 aromatic rings. The molecule has 116 valence electrons. The summed E-state index contributed by atoms with van der Waals surface area (Å²) in [5, 5.41) is 10.3. The van der Waals surface area contributed by atoms with Crippen molar-refractivity contribution in [3.63, 3.8) is 0 Å². The number of rotatable bonds is 4. The van der Waals surface area contributed by atoms with Crippen LogP contribution in [0.1, 0.15) is 12.0 Å². The number of ether oxygens (including phenoxy) is 1. The largest absolute Gasteiger partial charge is 0.390 e. The minimum Gasteiger partial charge on any atom is -0.390 e. The first kappa shape index (κ1) is 14.8. The Morgan fingerprint density at radius 2 is 2.00 bits per heavy atom. The second kappa shape index (κ2) is 6.73. The van der Waals surface area contributed by atoms with Gasteiger partial charge in [-0.3, -0.25) is 4.90 Å². The number of aryl methyl sites for hydroxylation is 1. The summed E-state index contributed by atoms with van der Waals surface area (Å²) in [5.74, 6) is -0.176. The zero-order chi connectivity index (χ0) is 14.7. The second-order valence-electron chi connectivity index (χ2n) is 5.89. The molecule has 1 fully saturated rings. The van der Waals surface area contributed by atoms with Crippen LogP contribution in [-0.2, 0) is 11.2 Å². The average Bonchev–Trinajstić information content (AvgIpc) is 2.48. The van der Waals surface area contributed by atoms with Crippen LogP contribution in [0.3, 0.4) is 0 Å². The number of halogens is 1. The average molecular weight is 294 g/mol. The van der Waals surface area contributed by atoms with E-state index in [0.717, 1.165) is 56.9 Å². The first-order chi connectivity index (χ1) is 10.2. The van der Waals surface area contributed by atoms with E-state index < -0.39 is 0 Å². The van der Waals surface area contributed by atoms with Gasteiger partial charge in [0.15, 0.2) is 0 Å². The Labute approximate surface area is 125 Å². The van der Waals surface area contributed by atoms with Crippen molar-refractivity contribution in [2.24, 2.45) is 0 Å². The zero-order valence-corrected chi connectivity index (χ0v) is 12.3. The van der Waals surface area contributed by atoms with Crippen LogP contribution in [0.25, 0.3) is 0 Å². The molecule has 0 spiro atoms. The van der Waals surface area contributed by atoms with E-state index >= 15 is 0 Å². The van der Waals surface area contributed by atoms with Gasteiger partial charge in [0, 0.05) is 38.4 Å². The Hall–Kier alpha value is -1.17. The van der Waals surface area contributed by atoms with E-state index in [1.807, 2.05) is 6.07 Å². The highest BCUT2D eigenvalue weighted by Gasteiger charge is 2.21. The van der Waals surface area contributed by atoms with E-state index in [9.17, 15) is 9.50 Å². The predicted octanol–water partition coefficient (Wildman–Crippen LogP) is 1.27. The fourth-order valence-electron chi connectivity index (χ4n) is 3.23. The van der Waals surface area contributed by atoms with Crippen molar-refractivity contribution in [3.05, 3.63) is 29.6 Å². The lowest BCUT2D eigenvalue weighted by atomic mass is 10.0. The number of fused-ring (bicyclic) bond motifs is 1. The van der Waals surface area contributed by atoms with Crippen molar-refractivity contribution in [1.82, 2.24) is 4.90 Å². The van der Waals surface area contributed by atoms with Gasteiger partial charge in [-0.25, -0.2) is 4.39 Å². The Balaban J connectivity index is 1.60. The molecule has 2 aliphatic rings. The summed E-state index contributed by atoms with van der Waals surface area (Å²) in [7, 11) is 0. The van der Waals surface area contributed by atoms with Gasteiger partial charge in [0.2, 0.25) is 0 Å². The Morgan fingerprint density at radius 3 is 2.81 bits per heavy atom. The minimum atomic E-state index is -0.390. The number of hydrogen-bond acceptors (Lipinski definition) is 4. The second-order valence-corrected chi connectivity index (χ2v) is 5.89. The minimum absolute atomic E-state index is 0.176. The maximum absolute atomic E-state index is 13.3. The fraction of sp³-hybridized carbons (Fsp3) is 0.625. The van der Waals surface area contributed by atoms with Gasteiger partial charge in [-0.05, 0) is 36.6 Å². The standard InChI is InChI=1S/C16H23FN2O2/c17-14-3-4-16-13(10-14)2-1-5-19(16)12-15(20)11-18-6-8-21-9-7-18/h3-4,10,15,20H,1-2,5-9,11-12H2. The van der Waals surface area contributed by atoms with Gasteiger partial charge in [0.05, 0.1) is 19.3 Å². The number of morpholine rings is 1. The summed E-state index contributed by atoms with van der Waals surface area (Å²) < 4.78 is 18.6. The molecule has 3 rings (SSSR count). The third-order valence-corrected chi connectivity index (χ3v) is 4.26. The van der Waals surface area contributed by atoms with E-state index in [2.05, 4.69) is 9.80 Å². The van der Waals surface area contributed by atoms with Crippen molar-refractivity contribution < 1.29 is 14.2 Å². The number of benzene rings is 1. The molecule has 1 saturated heterocycles. The summed E-state index contributed by atoms with van der Waals surface area (Å²) in [4.78, 5) is 4.42. The molecule has 1 atom stereocenters. The summed E-state index contributed by atoms with van der Waals surface area (Å²) in [6, 6.07) is 4.96. The fourth-order valence-corrected chi connectivity index (χ4v) is 3.23. The van der Waals surface area contributed by atoms with Crippen molar-refractivity contribution in [1.29, 1.82) is 0 Å². The van der Waals surface area contributed by atoms with E-state index in [-0.39, 0.29) is 11.9 Å². The highest BCUT2D eigenvalue weighted by Crippen LogP contribution is 2.27. The lowest BCUT2D eigenvalue weighted by Gasteiger charge is -2.35. The van der Waals surface area contributed by atoms with Gasteiger partial charge in [-0.15, -0.1) is 0 Å². The number of anilines is 1. The lowest BCUT2D eigenvalue weighted by Crippen LogP contribution is -2.45. The predicted molar refractivity (Wildman–Crippen MR) is 80.2 cm³/mol. The maximum atomic E-state index is 13.3. The molecule has 0 aliphatic carbocycles. The molecule has 0 radical (unpaired) electrons. The summed E-state index contributed by atoms with van der Waals surface area (Å²) in [6.45, 7) is 5.49. The highest BCUT2D eigenvalue weighted by atomic mass is 19.1. The molecule has 1 N–H and O–H groups in total. The van der Waals surface area contributed by atoms with Crippen molar-refractivity contribution >= 4 is 5.69 Å². The van der Waals surface area contributed by atoms with Crippen molar-refractivity contribution in [3.8, 4) is 0 Å². The molecular formula is C16H23FN2O2. The molecular weight excluding hydrogens is 271 g/mol. The molecule has 2 aliphatic heterocycles. The van der Waals surface area contributed by atoms with E-state index in [4.69, 9.17) is 4.74 Å². The maximum Gasteiger partial charge on any atom is 0.123 e. The SMILES string of the molecule is OC(CN1CCOCC1)CN1CCCc2cc(F)ccc21. The number of nitrogens with zero attached hydrogens (tertiary/aromatic N) is 2. The molecule has 2 heterocycles. The normalized spacial score (nSPS) is 21.1. The van der Waals surface area contributed by atoms with Gasteiger partial charge >= 0.3 is 0 Å². The van der Waals surface area contributed by atoms with Crippen LogP contribution in [0, 0.1) is 5.82 Å².